The van der Waals surface area contributed by atoms with Crippen molar-refractivity contribution in [1.82, 2.24) is 15.0 Å². The number of nitrogens with zero attached hydrogens (tertiary/aromatic N) is 2. The van der Waals surface area contributed by atoms with Gasteiger partial charge in [0.25, 0.3) is 11.8 Å². The molecule has 4 heterocycles. The number of carbonyl (C=O) groups is 1. The van der Waals surface area contributed by atoms with Crippen LogP contribution in [0.3, 0.4) is 0 Å². The molecule has 5 rings (SSSR count). The van der Waals surface area contributed by atoms with Crippen LogP contribution in [-0.4, -0.2) is 35.1 Å². The summed E-state index contributed by atoms with van der Waals surface area (Å²) in [5, 5.41) is 2.55. The quantitative estimate of drug-likeness (QED) is 0.254. The Hall–Kier alpha value is -5.45. The third-order valence-electron chi connectivity index (χ3n) is 6.03. The molecule has 2 N–H and O–H groups in total. The Morgan fingerprint density at radius 1 is 1.10 bits per heavy atom. The highest BCUT2D eigenvalue weighted by Crippen LogP contribution is 2.35. The first kappa shape index (κ1) is 26.2. The van der Waals surface area contributed by atoms with Gasteiger partial charge in [-0.25, -0.2) is 9.37 Å². The summed E-state index contributed by atoms with van der Waals surface area (Å²) in [7, 11) is 2.92. The van der Waals surface area contributed by atoms with Crippen LogP contribution in [0, 0.1) is 12.7 Å². The Morgan fingerprint density at radius 2 is 1.93 bits per heavy atom. The maximum Gasteiger partial charge on any atom is 0.261 e. The van der Waals surface area contributed by atoms with Crippen LogP contribution in [0.25, 0.3) is 28.4 Å². The molecule has 0 unspecified atom stereocenters. The molecule has 0 saturated heterocycles. The van der Waals surface area contributed by atoms with Crippen LogP contribution in [0.1, 0.15) is 21.8 Å². The molecule has 11 heteroatoms. The minimum absolute atomic E-state index is 0.117. The second kappa shape index (κ2) is 10.7. The molecule has 0 aliphatic heterocycles. The lowest BCUT2D eigenvalue weighted by molar-refractivity contribution is 0.102. The number of H-pyrrole nitrogens is 1. The zero-order chi connectivity index (χ0) is 28.4. The monoisotopic (exact) mass is 542 g/mol. The standard InChI is InChI=1S/C29H23FN4O6/c1-5-17-7-9-22(39-17)25-15(2)32-14-18(27(25)35)28(36)33-16-6-8-21(19(30)12-16)40-23-10-11-31-20-13-24(37-3)29(38-4)34-26(20)23/h5-14H,1H2,2-4H3,(H,32,35)(H,33,36). The number of hydrogen-bond acceptors (Lipinski definition) is 8. The SMILES string of the molecule is C=Cc1ccc(-c2c(C)[nH]cc(C(=O)Nc3ccc(Oc4ccnc5cc(OC)c(OC)nc45)c(F)c3)c2=O)o1. The van der Waals surface area contributed by atoms with Gasteiger partial charge < -0.3 is 28.9 Å². The average Bonchev–Trinajstić information content (AvgIpc) is 3.42. The minimum Gasteiger partial charge on any atom is -0.491 e. The summed E-state index contributed by atoms with van der Waals surface area (Å²) >= 11 is 0. The highest BCUT2D eigenvalue weighted by Gasteiger charge is 2.20. The molecule has 0 radical (unpaired) electrons. The Balaban J connectivity index is 1.40. The number of fused-ring (bicyclic) bond motifs is 1. The number of aromatic amines is 1. The maximum absolute atomic E-state index is 15.1. The first-order chi connectivity index (χ1) is 19.3. The second-order valence-corrected chi connectivity index (χ2v) is 8.52. The number of hydrogen-bond donors (Lipinski definition) is 2. The Labute approximate surface area is 227 Å². The van der Waals surface area contributed by atoms with Gasteiger partial charge in [0.2, 0.25) is 5.43 Å². The van der Waals surface area contributed by atoms with E-state index in [-0.39, 0.29) is 34.2 Å². The zero-order valence-electron chi connectivity index (χ0n) is 21.7. The summed E-state index contributed by atoms with van der Waals surface area (Å²) in [4.78, 5) is 37.7. The summed E-state index contributed by atoms with van der Waals surface area (Å²) in [5.74, 6) is 0.0165. The van der Waals surface area contributed by atoms with Crippen LogP contribution in [0.2, 0.25) is 0 Å². The van der Waals surface area contributed by atoms with Gasteiger partial charge in [-0.2, -0.15) is 0 Å². The summed E-state index contributed by atoms with van der Waals surface area (Å²) in [6, 6.07) is 10.3. The lowest BCUT2D eigenvalue weighted by atomic mass is 10.1. The van der Waals surface area contributed by atoms with Gasteiger partial charge in [0.15, 0.2) is 23.1 Å². The molecule has 10 nitrogen and oxygen atoms in total. The maximum atomic E-state index is 15.1. The van der Waals surface area contributed by atoms with Gasteiger partial charge in [-0.3, -0.25) is 14.6 Å². The molecule has 0 fully saturated rings. The number of halogens is 1. The number of anilines is 1. The second-order valence-electron chi connectivity index (χ2n) is 8.52. The molecule has 0 spiro atoms. The van der Waals surface area contributed by atoms with E-state index in [0.717, 1.165) is 6.07 Å². The van der Waals surface area contributed by atoms with Crippen molar-refractivity contribution in [2.24, 2.45) is 0 Å². The van der Waals surface area contributed by atoms with Crippen molar-refractivity contribution >= 4 is 28.7 Å². The molecule has 1 aromatic carbocycles. The number of furan rings is 1. The van der Waals surface area contributed by atoms with E-state index >= 15 is 4.39 Å². The van der Waals surface area contributed by atoms with E-state index in [1.165, 1.54) is 50.9 Å². The van der Waals surface area contributed by atoms with Crippen LogP contribution in [0.15, 0.2) is 70.6 Å². The predicted molar refractivity (Wildman–Crippen MR) is 147 cm³/mol. The normalized spacial score (nSPS) is 10.8. The Kier molecular flexibility index (Phi) is 7.02. The average molecular weight is 543 g/mol. The van der Waals surface area contributed by atoms with Gasteiger partial charge in [0.1, 0.15) is 22.6 Å². The summed E-state index contributed by atoms with van der Waals surface area (Å²) in [6.45, 7) is 5.33. The zero-order valence-corrected chi connectivity index (χ0v) is 21.7. The lowest BCUT2D eigenvalue weighted by Crippen LogP contribution is -2.23. The van der Waals surface area contributed by atoms with E-state index in [4.69, 9.17) is 18.6 Å². The number of aryl methyl sites for hydroxylation is 1. The van der Waals surface area contributed by atoms with Crippen molar-refractivity contribution < 1.29 is 27.8 Å². The number of methoxy groups -OCH3 is 2. The number of aromatic nitrogens is 3. The molecule has 0 saturated carbocycles. The van der Waals surface area contributed by atoms with Crippen LogP contribution in [0.5, 0.6) is 23.1 Å². The van der Waals surface area contributed by atoms with Crippen molar-refractivity contribution in [3.63, 3.8) is 0 Å². The molecule has 0 aliphatic rings. The topological polar surface area (TPSA) is 129 Å². The van der Waals surface area contributed by atoms with Crippen LogP contribution in [-0.2, 0) is 0 Å². The first-order valence-electron chi connectivity index (χ1n) is 11.9. The number of pyridine rings is 3. The smallest absolute Gasteiger partial charge is 0.261 e. The third-order valence-corrected chi connectivity index (χ3v) is 6.03. The molecule has 202 valence electrons. The predicted octanol–water partition coefficient (Wildman–Crippen LogP) is 5.73. The molecule has 0 bridgehead atoms. The molecule has 40 heavy (non-hydrogen) atoms. The van der Waals surface area contributed by atoms with Crippen molar-refractivity contribution in [3.05, 3.63) is 94.5 Å². The highest BCUT2D eigenvalue weighted by molar-refractivity contribution is 6.04. The molecular formula is C29H23FN4O6. The van der Waals surface area contributed by atoms with Crippen molar-refractivity contribution in [2.45, 2.75) is 6.92 Å². The third kappa shape index (κ3) is 4.87. The van der Waals surface area contributed by atoms with Crippen molar-refractivity contribution in [1.29, 1.82) is 0 Å². The van der Waals surface area contributed by atoms with Gasteiger partial charge >= 0.3 is 0 Å². The summed E-state index contributed by atoms with van der Waals surface area (Å²) < 4.78 is 37.0. The van der Waals surface area contributed by atoms with E-state index in [1.54, 1.807) is 25.1 Å². The van der Waals surface area contributed by atoms with E-state index in [2.05, 4.69) is 26.8 Å². The molecule has 4 aromatic heterocycles. The minimum atomic E-state index is -0.755. The Morgan fingerprint density at radius 3 is 2.62 bits per heavy atom. The fourth-order valence-electron chi connectivity index (χ4n) is 4.05. The molecular weight excluding hydrogens is 519 g/mol. The van der Waals surface area contributed by atoms with E-state index in [1.807, 2.05) is 0 Å². The lowest BCUT2D eigenvalue weighted by Gasteiger charge is -2.12. The largest absolute Gasteiger partial charge is 0.491 e. The fourth-order valence-corrected chi connectivity index (χ4v) is 4.05. The van der Waals surface area contributed by atoms with Crippen LogP contribution >= 0.6 is 0 Å². The first-order valence-corrected chi connectivity index (χ1v) is 11.9. The number of nitrogens with one attached hydrogen (secondary N) is 2. The van der Waals surface area contributed by atoms with E-state index in [0.29, 0.717) is 34.0 Å². The molecule has 5 aromatic rings. The van der Waals surface area contributed by atoms with Gasteiger partial charge in [0, 0.05) is 42.0 Å². The van der Waals surface area contributed by atoms with E-state index < -0.39 is 17.2 Å². The number of benzene rings is 1. The summed E-state index contributed by atoms with van der Waals surface area (Å²) in [6.07, 6.45) is 4.30. The number of carbonyl (C=O) groups excluding carboxylic acids is 1. The molecule has 1 amide bonds. The molecule has 0 atom stereocenters. The Bertz CT molecular complexity index is 1830. The number of rotatable bonds is 8. The van der Waals surface area contributed by atoms with Gasteiger partial charge in [-0.15, -0.1) is 0 Å². The van der Waals surface area contributed by atoms with Gasteiger partial charge in [-0.05, 0) is 37.3 Å². The van der Waals surface area contributed by atoms with Gasteiger partial charge in [-0.1, -0.05) is 6.58 Å². The van der Waals surface area contributed by atoms with E-state index in [9.17, 15) is 9.59 Å². The van der Waals surface area contributed by atoms with Crippen LogP contribution < -0.4 is 25.0 Å². The fraction of sp³-hybridized carbons (Fsp3) is 0.103. The highest BCUT2D eigenvalue weighted by atomic mass is 19.1. The molecule has 0 aliphatic carbocycles. The summed E-state index contributed by atoms with van der Waals surface area (Å²) in [5.41, 5.74) is 0.934. The van der Waals surface area contributed by atoms with Crippen molar-refractivity contribution in [2.75, 3.05) is 19.5 Å². The number of amides is 1. The number of ether oxygens (including phenoxy) is 3. The van der Waals surface area contributed by atoms with Gasteiger partial charge in [0.05, 0.1) is 25.3 Å². The van der Waals surface area contributed by atoms with Crippen LogP contribution in [0.4, 0.5) is 10.1 Å². The van der Waals surface area contributed by atoms with Crippen molar-refractivity contribution in [3.8, 4) is 34.5 Å².